The van der Waals surface area contributed by atoms with Crippen LogP contribution in [-0.4, -0.2) is 35.7 Å². The maximum Gasteiger partial charge on any atom is 0.286 e. The molecule has 0 atom stereocenters. The van der Waals surface area contributed by atoms with Crippen LogP contribution in [0.3, 0.4) is 0 Å². The largest absolute Gasteiger partial charge is 0.508 e. The Kier molecular flexibility index (Phi) is 4.42. The zero-order chi connectivity index (χ0) is 20.8. The summed E-state index contributed by atoms with van der Waals surface area (Å²) in [4.78, 5) is 13.0. The molecule has 10 heteroatoms. The minimum atomic E-state index is -4.19. The second-order valence-electron chi connectivity index (χ2n) is 6.51. The van der Waals surface area contributed by atoms with Gasteiger partial charge in [0.1, 0.15) is 22.0 Å². The van der Waals surface area contributed by atoms with Crippen molar-refractivity contribution in [2.45, 2.75) is 18.2 Å². The molecule has 0 fully saturated rings. The van der Waals surface area contributed by atoms with Gasteiger partial charge < -0.3 is 21.0 Å². The van der Waals surface area contributed by atoms with Gasteiger partial charge >= 0.3 is 0 Å². The summed E-state index contributed by atoms with van der Waals surface area (Å²) in [6.07, 6.45) is 0.751. The van der Waals surface area contributed by atoms with Crippen LogP contribution < -0.4 is 16.3 Å². The lowest BCUT2D eigenvalue weighted by Gasteiger charge is -2.21. The van der Waals surface area contributed by atoms with Gasteiger partial charge in [0.2, 0.25) is 0 Å². The summed E-state index contributed by atoms with van der Waals surface area (Å²) in [5, 5.41) is 23.5. The van der Waals surface area contributed by atoms with E-state index in [1.807, 2.05) is 6.92 Å². The lowest BCUT2D eigenvalue weighted by atomic mass is 10.1. The molecule has 9 nitrogen and oxygen atoms in total. The van der Waals surface area contributed by atoms with E-state index in [0.29, 0.717) is 17.4 Å². The van der Waals surface area contributed by atoms with Crippen LogP contribution in [0.2, 0.25) is 0 Å². The number of para-hydroxylation sites is 1. The molecule has 0 bridgehead atoms. The Labute approximate surface area is 166 Å². The number of hydrogen-bond acceptors (Lipinski definition) is 7. The predicted octanol–water partition coefficient (Wildman–Crippen LogP) is 1.93. The highest BCUT2D eigenvalue weighted by atomic mass is 32.2. The van der Waals surface area contributed by atoms with Crippen LogP contribution in [0, 0.1) is 0 Å². The molecule has 4 N–H and O–H groups in total. The molecule has 4 rings (SSSR count). The van der Waals surface area contributed by atoms with Crippen LogP contribution in [0.15, 0.2) is 56.6 Å². The number of hydrogen-bond donors (Lipinski definition) is 4. The molecule has 0 saturated carbocycles. The molecule has 150 valence electrons. The Morgan fingerprint density at radius 1 is 1.17 bits per heavy atom. The van der Waals surface area contributed by atoms with Crippen molar-refractivity contribution in [3.63, 3.8) is 0 Å². The van der Waals surface area contributed by atoms with Crippen LogP contribution in [0.1, 0.15) is 18.9 Å². The number of pyridine rings is 1. The molecule has 2 aromatic carbocycles. The Bertz CT molecular complexity index is 1330. The molecule has 0 radical (unpaired) electrons. The van der Waals surface area contributed by atoms with E-state index < -0.39 is 15.6 Å². The summed E-state index contributed by atoms with van der Waals surface area (Å²) < 4.78 is 30.2. The number of amidine groups is 1. The molecule has 29 heavy (non-hydrogen) atoms. The first-order valence-electron chi connectivity index (χ1n) is 8.89. The number of benzene rings is 2. The standard InChI is InChI=1S/C19H18N4O5S/c1-2-9-20-23-14-6-4-3-5-12(14)17(25)16(19(23)26)18-21-13-8-7-11(24)10-15(13)29(27,28)22-18/h3-8,10,20,24-25H,2,9H2,1H3,(H,21,22). The Balaban J connectivity index is 1.99. The van der Waals surface area contributed by atoms with E-state index in [-0.39, 0.29) is 33.5 Å². The minimum Gasteiger partial charge on any atom is -0.508 e. The SMILES string of the molecule is CCCNn1c(=O)c(C2=NS(=O)(=O)c3cc(O)ccc3N2)c(O)c2ccccc21. The molecule has 1 aliphatic rings. The van der Waals surface area contributed by atoms with E-state index in [0.717, 1.165) is 12.5 Å². The lowest BCUT2D eigenvalue weighted by molar-refractivity contribution is 0.473. The van der Waals surface area contributed by atoms with E-state index in [1.165, 1.54) is 16.8 Å². The van der Waals surface area contributed by atoms with Crippen LogP contribution in [0.25, 0.3) is 10.9 Å². The number of nitrogens with zero attached hydrogens (tertiary/aromatic N) is 2. The summed E-state index contributed by atoms with van der Waals surface area (Å²) in [6.45, 7) is 2.43. The van der Waals surface area contributed by atoms with Crippen molar-refractivity contribution >= 4 is 32.4 Å². The zero-order valence-corrected chi connectivity index (χ0v) is 16.2. The molecule has 0 spiro atoms. The number of fused-ring (bicyclic) bond motifs is 2. The molecular weight excluding hydrogens is 396 g/mol. The maximum absolute atomic E-state index is 13.2. The van der Waals surface area contributed by atoms with Crippen LogP contribution in [-0.2, 0) is 10.0 Å². The fourth-order valence-electron chi connectivity index (χ4n) is 3.18. The number of phenols is 1. The summed E-state index contributed by atoms with van der Waals surface area (Å²) in [5.41, 5.74) is 2.68. The van der Waals surface area contributed by atoms with E-state index in [1.54, 1.807) is 24.3 Å². The normalized spacial score (nSPS) is 14.7. The predicted molar refractivity (Wildman–Crippen MR) is 110 cm³/mol. The van der Waals surface area contributed by atoms with Crippen LogP contribution in [0.4, 0.5) is 5.69 Å². The quantitative estimate of drug-likeness (QED) is 0.479. The van der Waals surface area contributed by atoms with E-state index in [2.05, 4.69) is 15.1 Å². The highest BCUT2D eigenvalue weighted by Crippen LogP contribution is 2.33. The smallest absolute Gasteiger partial charge is 0.286 e. The third kappa shape index (κ3) is 3.07. The van der Waals surface area contributed by atoms with E-state index in [9.17, 15) is 23.4 Å². The molecule has 2 heterocycles. The average molecular weight is 414 g/mol. The molecule has 0 saturated heterocycles. The first-order chi connectivity index (χ1) is 13.8. The van der Waals surface area contributed by atoms with Gasteiger partial charge in [-0.25, -0.2) is 4.68 Å². The van der Waals surface area contributed by atoms with Gasteiger partial charge in [-0.1, -0.05) is 19.1 Å². The molecule has 1 aromatic heterocycles. The fourth-order valence-corrected chi connectivity index (χ4v) is 4.32. The molecule has 3 aromatic rings. The maximum atomic E-state index is 13.2. The Hall–Kier alpha value is -3.53. The van der Waals surface area contributed by atoms with Gasteiger partial charge in [0.25, 0.3) is 15.6 Å². The number of nitrogens with one attached hydrogen (secondary N) is 2. The van der Waals surface area contributed by atoms with E-state index in [4.69, 9.17) is 0 Å². The van der Waals surface area contributed by atoms with Crippen LogP contribution >= 0.6 is 0 Å². The first-order valence-corrected chi connectivity index (χ1v) is 10.3. The Morgan fingerprint density at radius 2 is 1.93 bits per heavy atom. The van der Waals surface area contributed by atoms with Gasteiger partial charge in [-0.3, -0.25) is 4.79 Å². The fraction of sp³-hybridized carbons (Fsp3) is 0.158. The highest BCUT2D eigenvalue weighted by Gasteiger charge is 2.30. The van der Waals surface area contributed by atoms with Crippen LogP contribution in [0.5, 0.6) is 11.5 Å². The highest BCUT2D eigenvalue weighted by molar-refractivity contribution is 7.90. The number of sulfonamides is 1. The van der Waals surface area contributed by atoms with Crippen molar-refractivity contribution in [2.75, 3.05) is 17.3 Å². The van der Waals surface area contributed by atoms with Crippen molar-refractivity contribution < 1.29 is 18.6 Å². The van der Waals surface area contributed by atoms with Crippen molar-refractivity contribution in [1.29, 1.82) is 0 Å². The topological polar surface area (TPSA) is 133 Å². The van der Waals surface area contributed by atoms with Gasteiger partial charge in [0, 0.05) is 18.0 Å². The van der Waals surface area contributed by atoms with Crippen molar-refractivity contribution in [2.24, 2.45) is 4.40 Å². The van der Waals surface area contributed by atoms with Crippen molar-refractivity contribution in [3.8, 4) is 11.5 Å². The summed E-state index contributed by atoms with van der Waals surface area (Å²) in [6, 6.07) is 10.5. The number of rotatable bonds is 4. The Morgan fingerprint density at radius 3 is 2.69 bits per heavy atom. The lowest BCUT2D eigenvalue weighted by Crippen LogP contribution is -2.36. The summed E-state index contributed by atoms with van der Waals surface area (Å²) in [5.74, 6) is -0.889. The van der Waals surface area contributed by atoms with Gasteiger partial charge in [0.05, 0.1) is 11.2 Å². The second-order valence-corrected chi connectivity index (χ2v) is 8.08. The van der Waals surface area contributed by atoms with Crippen molar-refractivity contribution in [3.05, 3.63) is 58.4 Å². The monoisotopic (exact) mass is 414 g/mol. The summed E-state index contributed by atoms with van der Waals surface area (Å²) in [7, 11) is -4.19. The molecule has 0 aliphatic carbocycles. The van der Waals surface area contributed by atoms with Gasteiger partial charge in [-0.2, -0.15) is 8.42 Å². The van der Waals surface area contributed by atoms with Crippen molar-refractivity contribution in [1.82, 2.24) is 4.68 Å². The summed E-state index contributed by atoms with van der Waals surface area (Å²) >= 11 is 0. The number of anilines is 1. The average Bonchev–Trinajstić information content (AvgIpc) is 2.68. The van der Waals surface area contributed by atoms with Gasteiger partial charge in [-0.15, -0.1) is 4.40 Å². The third-order valence-electron chi connectivity index (χ3n) is 4.52. The van der Waals surface area contributed by atoms with Gasteiger partial charge in [-0.05, 0) is 30.7 Å². The zero-order valence-electron chi connectivity index (χ0n) is 15.4. The third-order valence-corrected chi connectivity index (χ3v) is 5.83. The number of phenolic OH excluding ortho intramolecular Hbond substituents is 1. The first kappa shape index (κ1) is 18.8. The molecular formula is C19H18N4O5S. The second kappa shape index (κ2) is 6.82. The van der Waals surface area contributed by atoms with Gasteiger partial charge in [0.15, 0.2) is 5.84 Å². The minimum absolute atomic E-state index is 0.146. The number of aromatic hydroxyl groups is 2. The molecule has 1 aliphatic heterocycles. The number of aromatic nitrogens is 1. The molecule has 0 unspecified atom stereocenters. The molecule has 0 amide bonds. The van der Waals surface area contributed by atoms with E-state index >= 15 is 0 Å².